The van der Waals surface area contributed by atoms with Crippen LogP contribution in [0.15, 0.2) is 42.0 Å². The largest absolute Gasteiger partial charge is 0.446 e. The highest BCUT2D eigenvalue weighted by atomic mass is 19.2. The topological polar surface area (TPSA) is 87.1 Å². The number of ketones is 1. The number of Topliss-reactive ketones (excluding diaryl/α,β-unsaturated/α-hetero) is 1. The van der Waals surface area contributed by atoms with Gasteiger partial charge in [0.2, 0.25) is 0 Å². The number of halogens is 2. The Morgan fingerprint density at radius 2 is 1.62 bits per heavy atom. The molecular formula is C50H69F2NO5. The van der Waals surface area contributed by atoms with Crippen LogP contribution in [0.2, 0.25) is 0 Å². The number of rotatable bonds is 8. The number of carbonyl (C=O) groups excluding carboxylic acids is 2. The number of amides is 1. The third-order valence-electron chi connectivity index (χ3n) is 19.5. The molecule has 14 atom stereocenters. The highest BCUT2D eigenvalue weighted by Crippen LogP contribution is 2.78. The quantitative estimate of drug-likeness (QED) is 0.202. The van der Waals surface area contributed by atoms with Crippen LogP contribution >= 0.6 is 0 Å². The van der Waals surface area contributed by atoms with E-state index in [1.807, 2.05) is 4.90 Å². The molecule has 0 aromatic heterocycles. The van der Waals surface area contributed by atoms with Crippen LogP contribution < -0.4 is 0 Å². The van der Waals surface area contributed by atoms with E-state index in [9.17, 15) is 28.6 Å². The molecule has 14 unspecified atom stereocenters. The minimum absolute atomic E-state index is 0.0607. The van der Waals surface area contributed by atoms with E-state index < -0.39 is 39.6 Å². The maximum Gasteiger partial charge on any atom is 0.410 e. The van der Waals surface area contributed by atoms with Gasteiger partial charge in [-0.2, -0.15) is 0 Å². The van der Waals surface area contributed by atoms with Crippen LogP contribution in [0, 0.1) is 86.1 Å². The Labute approximate surface area is 345 Å². The zero-order chi connectivity index (χ0) is 41.4. The summed E-state index contributed by atoms with van der Waals surface area (Å²) in [5.41, 5.74) is -2.44. The van der Waals surface area contributed by atoms with Gasteiger partial charge in [-0.1, -0.05) is 73.1 Å². The van der Waals surface area contributed by atoms with E-state index in [4.69, 9.17) is 4.74 Å². The molecule has 4 bridgehead atoms. The maximum absolute atomic E-state index is 14.9. The van der Waals surface area contributed by atoms with Crippen molar-refractivity contribution in [2.24, 2.45) is 74.4 Å². The summed E-state index contributed by atoms with van der Waals surface area (Å²) in [6.07, 6.45) is 16.9. The average molecular weight is 802 g/mol. The molecule has 10 aliphatic carbocycles. The van der Waals surface area contributed by atoms with Gasteiger partial charge in [0.1, 0.15) is 6.10 Å². The molecule has 7 saturated carbocycles. The smallest absolute Gasteiger partial charge is 0.410 e. The lowest BCUT2D eigenvalue weighted by molar-refractivity contribution is -0.177. The highest BCUT2D eigenvalue weighted by Gasteiger charge is 2.74. The van der Waals surface area contributed by atoms with Gasteiger partial charge in [-0.25, -0.2) is 13.6 Å². The molecule has 0 saturated heterocycles. The molecule has 2 spiro atoms. The van der Waals surface area contributed by atoms with Gasteiger partial charge in [-0.3, -0.25) is 4.79 Å². The van der Waals surface area contributed by atoms with Crippen LogP contribution in [0.4, 0.5) is 13.6 Å². The van der Waals surface area contributed by atoms with Crippen LogP contribution in [-0.4, -0.2) is 57.9 Å². The van der Waals surface area contributed by atoms with Gasteiger partial charge in [0.05, 0.1) is 18.2 Å². The second kappa shape index (κ2) is 13.7. The summed E-state index contributed by atoms with van der Waals surface area (Å²) in [4.78, 5) is 31.6. The first kappa shape index (κ1) is 40.8. The molecule has 0 aliphatic heterocycles. The molecule has 318 valence electrons. The van der Waals surface area contributed by atoms with E-state index in [0.717, 1.165) is 63.0 Å². The van der Waals surface area contributed by atoms with E-state index in [1.165, 1.54) is 18.9 Å². The summed E-state index contributed by atoms with van der Waals surface area (Å²) < 4.78 is 35.6. The van der Waals surface area contributed by atoms with E-state index in [0.29, 0.717) is 67.4 Å². The fourth-order valence-electron chi connectivity index (χ4n) is 15.8. The number of carbonyl (C=O) groups is 2. The lowest BCUT2D eigenvalue weighted by Crippen LogP contribution is -2.67. The molecule has 8 heteroatoms. The Balaban J connectivity index is 1.08. The maximum atomic E-state index is 14.9. The first-order chi connectivity index (χ1) is 27.3. The predicted molar refractivity (Wildman–Crippen MR) is 221 cm³/mol. The van der Waals surface area contributed by atoms with Crippen molar-refractivity contribution in [2.45, 2.75) is 150 Å². The van der Waals surface area contributed by atoms with Gasteiger partial charge in [-0.15, -0.1) is 0 Å². The number of hydrogen-bond acceptors (Lipinski definition) is 5. The van der Waals surface area contributed by atoms with Gasteiger partial charge >= 0.3 is 6.09 Å². The van der Waals surface area contributed by atoms with Gasteiger partial charge in [0.15, 0.2) is 17.4 Å². The SMILES string of the molecule is CC1CCC(C(C)C)C(OC(=O)N(CC2CCC3CC2C3(C)C)CC2(O)CCC3C45C=CC6(C=C4C(=O)c4ccc(F)c(F)c4)CC(O)CCC6(C)C5CCC32C)C1. The van der Waals surface area contributed by atoms with E-state index >= 15 is 0 Å². The van der Waals surface area contributed by atoms with Crippen LogP contribution in [0.25, 0.3) is 0 Å². The number of fused-ring (bicyclic) bond motifs is 3. The minimum atomic E-state index is -1.24. The summed E-state index contributed by atoms with van der Waals surface area (Å²) >= 11 is 0. The van der Waals surface area contributed by atoms with Crippen LogP contribution in [0.1, 0.15) is 142 Å². The lowest BCUT2D eigenvalue weighted by Gasteiger charge is -2.71. The molecule has 6 nitrogen and oxygen atoms in total. The molecule has 1 aromatic carbocycles. The van der Waals surface area contributed by atoms with Crippen molar-refractivity contribution < 1.29 is 33.3 Å². The monoisotopic (exact) mass is 802 g/mol. The van der Waals surface area contributed by atoms with Crippen molar-refractivity contribution in [1.29, 1.82) is 0 Å². The predicted octanol–water partition coefficient (Wildman–Crippen LogP) is 10.7. The Kier molecular flexibility index (Phi) is 9.65. The summed E-state index contributed by atoms with van der Waals surface area (Å²) in [5.74, 6) is 0.404. The molecule has 58 heavy (non-hydrogen) atoms. The zero-order valence-corrected chi connectivity index (χ0v) is 36.2. The normalized spacial score (nSPS) is 45.7. The van der Waals surface area contributed by atoms with Crippen molar-refractivity contribution >= 4 is 11.9 Å². The molecule has 10 aliphatic rings. The van der Waals surface area contributed by atoms with Crippen molar-refractivity contribution in [3.05, 3.63) is 59.2 Å². The van der Waals surface area contributed by atoms with E-state index in [2.05, 4.69) is 66.7 Å². The van der Waals surface area contributed by atoms with Crippen LogP contribution in [-0.2, 0) is 4.74 Å². The molecule has 1 aromatic rings. The van der Waals surface area contributed by atoms with Crippen molar-refractivity contribution in [3.63, 3.8) is 0 Å². The third-order valence-corrected chi connectivity index (χ3v) is 19.5. The first-order valence-electron chi connectivity index (χ1n) is 23.1. The highest BCUT2D eigenvalue weighted by molar-refractivity contribution is 6.10. The molecular weight excluding hydrogens is 733 g/mol. The summed E-state index contributed by atoms with van der Waals surface area (Å²) in [6.45, 7) is 16.8. The number of hydrogen-bond donors (Lipinski definition) is 2. The second-order valence-electron chi connectivity index (χ2n) is 22.6. The fraction of sp³-hybridized carbons (Fsp3) is 0.760. The van der Waals surface area contributed by atoms with Gasteiger partial charge in [-0.05, 0) is 153 Å². The molecule has 2 N–H and O–H groups in total. The number of ether oxygens (including phenoxy) is 1. The average Bonchev–Trinajstić information content (AvgIpc) is 3.44. The van der Waals surface area contributed by atoms with Crippen molar-refractivity contribution in [3.8, 4) is 0 Å². The summed E-state index contributed by atoms with van der Waals surface area (Å²) in [6, 6.07) is 3.44. The number of aliphatic hydroxyl groups is 2. The van der Waals surface area contributed by atoms with Crippen LogP contribution in [0.3, 0.4) is 0 Å². The first-order valence-corrected chi connectivity index (χ1v) is 23.1. The fourth-order valence-corrected chi connectivity index (χ4v) is 15.8. The zero-order valence-electron chi connectivity index (χ0n) is 36.2. The van der Waals surface area contributed by atoms with Gasteiger partial charge in [0, 0.05) is 33.9 Å². The Morgan fingerprint density at radius 3 is 2.33 bits per heavy atom. The third kappa shape index (κ3) is 5.70. The van der Waals surface area contributed by atoms with Crippen molar-refractivity contribution in [2.75, 3.05) is 13.1 Å². The van der Waals surface area contributed by atoms with E-state index in [1.54, 1.807) is 0 Å². The lowest BCUT2D eigenvalue weighted by atomic mass is 9.32. The van der Waals surface area contributed by atoms with Crippen LogP contribution in [0.5, 0.6) is 0 Å². The Bertz CT molecular complexity index is 1910. The Morgan fingerprint density at radius 1 is 0.897 bits per heavy atom. The molecule has 0 heterocycles. The molecule has 1 amide bonds. The number of nitrogens with zero attached hydrogens (tertiary/aromatic N) is 1. The van der Waals surface area contributed by atoms with Gasteiger partial charge in [0.25, 0.3) is 0 Å². The van der Waals surface area contributed by atoms with Crippen molar-refractivity contribution in [1.82, 2.24) is 4.90 Å². The second-order valence-corrected chi connectivity index (χ2v) is 22.6. The number of aliphatic hydroxyl groups excluding tert-OH is 1. The number of benzene rings is 1. The summed E-state index contributed by atoms with van der Waals surface area (Å²) in [7, 11) is 0. The molecule has 11 rings (SSSR count). The van der Waals surface area contributed by atoms with Gasteiger partial charge < -0.3 is 19.8 Å². The molecule has 7 fully saturated rings. The van der Waals surface area contributed by atoms with E-state index in [-0.39, 0.29) is 52.8 Å². The molecule has 0 radical (unpaired) electrons. The Hall–Kier alpha value is -2.58. The summed E-state index contributed by atoms with van der Waals surface area (Å²) in [5, 5.41) is 24.5. The number of allylic oxidation sites excluding steroid dienone is 4. The minimum Gasteiger partial charge on any atom is -0.446 e. The standard InChI is InChI=1S/C50H69F2NO5/c1-29(2)35-12-8-30(3)22-40(35)58-44(56)53(27-32-9-11-33-24-36(32)45(33,4)5)28-49(57)19-16-42-47(49,7)18-15-41-46(6)17-14-34(54)25-48(46)20-21-50(41,42)37(26-48)43(55)31-10-13-38(51)39(52)23-31/h10,13,20-21,23,26,29-30,32-36,40-42,54,57H,8-9,11-12,14-19,22,24-25,27-28H2,1-7H3.